The molecule has 1 aliphatic rings. The van der Waals surface area contributed by atoms with Gasteiger partial charge in [0.1, 0.15) is 0 Å². The van der Waals surface area contributed by atoms with Crippen LogP contribution in [-0.4, -0.2) is 36.7 Å². The Bertz CT molecular complexity index is 898. The van der Waals surface area contributed by atoms with E-state index in [0.717, 1.165) is 23.5 Å². The smallest absolute Gasteiger partial charge is 0.243 e. The third-order valence-electron chi connectivity index (χ3n) is 4.26. The van der Waals surface area contributed by atoms with Gasteiger partial charge in [0.05, 0.1) is 22.1 Å². The van der Waals surface area contributed by atoms with Gasteiger partial charge in [-0.1, -0.05) is 17.7 Å². The van der Waals surface area contributed by atoms with Crippen molar-refractivity contribution in [3.63, 3.8) is 0 Å². The lowest BCUT2D eigenvalue weighted by atomic mass is 10.0. The van der Waals surface area contributed by atoms with Crippen molar-refractivity contribution in [2.75, 3.05) is 13.1 Å². The summed E-state index contributed by atoms with van der Waals surface area (Å²) >= 11 is 7.46. The fraction of sp³-hybridized carbons (Fsp3) is 0.412. The normalized spacial score (nSPS) is 18.6. The average molecular weight is 414 g/mol. The SMILES string of the molecule is CC(=O)NCc1csc([C@@H]2CCCN(S(=O)(=O)c3cccc(Cl)c3)C2)n1. The maximum atomic E-state index is 12.9. The van der Waals surface area contributed by atoms with E-state index in [1.165, 1.54) is 28.6 Å². The molecule has 0 unspecified atom stereocenters. The molecular weight excluding hydrogens is 394 g/mol. The molecule has 2 heterocycles. The Labute approximate surface area is 162 Å². The number of sulfonamides is 1. The number of halogens is 1. The first kappa shape index (κ1) is 19.3. The Hall–Kier alpha value is -1.48. The second-order valence-corrected chi connectivity index (χ2v) is 9.51. The van der Waals surface area contributed by atoms with E-state index >= 15 is 0 Å². The third kappa shape index (κ3) is 4.43. The molecular formula is C17H20ClN3O3S2. The minimum absolute atomic E-state index is 0.0637. The van der Waals surface area contributed by atoms with E-state index in [4.69, 9.17) is 11.6 Å². The predicted octanol–water partition coefficient (Wildman–Crippen LogP) is 3.00. The summed E-state index contributed by atoms with van der Waals surface area (Å²) < 4.78 is 27.3. The summed E-state index contributed by atoms with van der Waals surface area (Å²) in [6.45, 7) is 2.76. The molecule has 1 atom stereocenters. The van der Waals surface area contributed by atoms with Crippen molar-refractivity contribution >= 4 is 38.9 Å². The van der Waals surface area contributed by atoms with Crippen molar-refractivity contribution in [2.45, 2.75) is 37.1 Å². The second kappa shape index (κ2) is 8.04. The van der Waals surface area contributed by atoms with Crippen molar-refractivity contribution in [2.24, 2.45) is 0 Å². The third-order valence-corrected chi connectivity index (χ3v) is 7.41. The van der Waals surface area contributed by atoms with Gasteiger partial charge in [-0.2, -0.15) is 4.31 Å². The summed E-state index contributed by atoms with van der Waals surface area (Å²) in [5.41, 5.74) is 0.801. The maximum Gasteiger partial charge on any atom is 0.243 e. The molecule has 6 nitrogen and oxygen atoms in total. The van der Waals surface area contributed by atoms with Gasteiger partial charge in [-0.3, -0.25) is 4.79 Å². The summed E-state index contributed by atoms with van der Waals surface area (Å²) in [5.74, 6) is -0.0372. The number of hydrogen-bond donors (Lipinski definition) is 1. The van der Waals surface area contributed by atoms with Gasteiger partial charge in [0.25, 0.3) is 0 Å². The number of aromatic nitrogens is 1. The minimum Gasteiger partial charge on any atom is -0.351 e. The van der Waals surface area contributed by atoms with Crippen LogP contribution in [0.3, 0.4) is 0 Å². The number of carbonyl (C=O) groups excluding carboxylic acids is 1. The van der Waals surface area contributed by atoms with Gasteiger partial charge in [-0.15, -0.1) is 11.3 Å². The molecule has 1 N–H and O–H groups in total. The number of nitrogens with zero attached hydrogens (tertiary/aromatic N) is 2. The van der Waals surface area contributed by atoms with Crippen LogP contribution in [0.1, 0.15) is 36.4 Å². The van der Waals surface area contributed by atoms with Crippen molar-refractivity contribution in [1.29, 1.82) is 0 Å². The molecule has 1 aliphatic heterocycles. The van der Waals surface area contributed by atoms with E-state index in [2.05, 4.69) is 10.3 Å². The number of thiazole rings is 1. The molecule has 2 aromatic rings. The van der Waals surface area contributed by atoms with Crippen molar-refractivity contribution in [3.8, 4) is 0 Å². The molecule has 0 radical (unpaired) electrons. The van der Waals surface area contributed by atoms with Crippen LogP contribution in [0.25, 0.3) is 0 Å². The molecule has 26 heavy (non-hydrogen) atoms. The number of amides is 1. The second-order valence-electron chi connectivity index (χ2n) is 6.25. The lowest BCUT2D eigenvalue weighted by molar-refractivity contribution is -0.119. The van der Waals surface area contributed by atoms with E-state index < -0.39 is 10.0 Å². The highest BCUT2D eigenvalue weighted by Gasteiger charge is 2.32. The molecule has 1 aromatic heterocycles. The Morgan fingerprint density at radius 2 is 2.27 bits per heavy atom. The molecule has 1 aromatic carbocycles. The van der Waals surface area contributed by atoms with Crippen molar-refractivity contribution in [1.82, 2.24) is 14.6 Å². The van der Waals surface area contributed by atoms with Crippen LogP contribution in [0.2, 0.25) is 5.02 Å². The summed E-state index contributed by atoms with van der Waals surface area (Å²) in [4.78, 5) is 15.8. The standard InChI is InChI=1S/C17H20ClN3O3S2/c1-12(22)19-9-15-11-25-17(20-15)13-4-3-7-21(10-13)26(23,24)16-6-2-5-14(18)8-16/h2,5-6,8,11,13H,3-4,7,9-10H2,1H3,(H,19,22)/t13-/m1/s1. The number of hydrogen-bond acceptors (Lipinski definition) is 5. The van der Waals surface area contributed by atoms with Gasteiger partial charge in [-0.05, 0) is 31.0 Å². The summed E-state index contributed by atoms with van der Waals surface area (Å²) in [6.07, 6.45) is 1.68. The van der Waals surface area contributed by atoms with Gasteiger partial charge in [0.2, 0.25) is 15.9 Å². The van der Waals surface area contributed by atoms with Crippen molar-refractivity contribution < 1.29 is 13.2 Å². The summed E-state index contributed by atoms with van der Waals surface area (Å²) in [5, 5.41) is 5.95. The minimum atomic E-state index is -3.57. The van der Waals surface area contributed by atoms with Gasteiger partial charge in [0.15, 0.2) is 0 Å². The van der Waals surface area contributed by atoms with Crippen LogP contribution in [0, 0.1) is 0 Å². The molecule has 1 amide bonds. The molecule has 3 rings (SSSR count). The molecule has 1 saturated heterocycles. The van der Waals surface area contributed by atoms with Gasteiger partial charge in [0, 0.05) is 36.3 Å². The molecule has 0 saturated carbocycles. The Balaban J connectivity index is 1.74. The predicted molar refractivity (Wildman–Crippen MR) is 102 cm³/mol. The summed E-state index contributed by atoms with van der Waals surface area (Å²) in [6, 6.07) is 6.35. The fourth-order valence-corrected chi connectivity index (χ4v) is 5.72. The number of piperidine rings is 1. The Morgan fingerprint density at radius 1 is 1.46 bits per heavy atom. The Kier molecular flexibility index (Phi) is 5.96. The zero-order valence-corrected chi connectivity index (χ0v) is 16.7. The largest absolute Gasteiger partial charge is 0.351 e. The maximum absolute atomic E-state index is 12.9. The quantitative estimate of drug-likeness (QED) is 0.817. The first-order valence-corrected chi connectivity index (χ1v) is 11.0. The van der Waals surface area contributed by atoms with Crippen LogP contribution in [0.15, 0.2) is 34.5 Å². The zero-order valence-electron chi connectivity index (χ0n) is 14.3. The molecule has 9 heteroatoms. The molecule has 0 spiro atoms. The number of benzene rings is 1. The van der Waals surface area contributed by atoms with Gasteiger partial charge < -0.3 is 5.32 Å². The first-order valence-electron chi connectivity index (χ1n) is 8.30. The number of rotatable bonds is 5. The lowest BCUT2D eigenvalue weighted by Crippen LogP contribution is -2.39. The fourth-order valence-electron chi connectivity index (χ4n) is 2.95. The molecule has 0 aliphatic carbocycles. The van der Waals surface area contributed by atoms with Crippen LogP contribution in [0.4, 0.5) is 0 Å². The van der Waals surface area contributed by atoms with E-state index in [-0.39, 0.29) is 16.7 Å². The topological polar surface area (TPSA) is 79.4 Å². The highest BCUT2D eigenvalue weighted by atomic mass is 35.5. The van der Waals surface area contributed by atoms with E-state index in [9.17, 15) is 13.2 Å². The Morgan fingerprint density at radius 3 is 3.00 bits per heavy atom. The molecule has 140 valence electrons. The molecule has 1 fully saturated rings. The number of carbonyl (C=O) groups is 1. The highest BCUT2D eigenvalue weighted by molar-refractivity contribution is 7.89. The van der Waals surface area contributed by atoms with Gasteiger partial charge >= 0.3 is 0 Å². The van der Waals surface area contributed by atoms with Crippen LogP contribution in [-0.2, 0) is 21.4 Å². The number of nitrogens with one attached hydrogen (secondary N) is 1. The van der Waals surface area contributed by atoms with Crippen molar-refractivity contribution in [3.05, 3.63) is 45.4 Å². The van der Waals surface area contributed by atoms with Gasteiger partial charge in [-0.25, -0.2) is 13.4 Å². The molecule has 0 bridgehead atoms. The lowest BCUT2D eigenvalue weighted by Gasteiger charge is -2.31. The first-order chi connectivity index (χ1) is 12.4. The van der Waals surface area contributed by atoms with E-state index in [1.54, 1.807) is 18.2 Å². The van der Waals surface area contributed by atoms with Crippen LogP contribution >= 0.6 is 22.9 Å². The van der Waals surface area contributed by atoms with E-state index in [1.807, 2.05) is 5.38 Å². The van der Waals surface area contributed by atoms with Crippen LogP contribution < -0.4 is 5.32 Å². The zero-order chi connectivity index (χ0) is 18.7. The highest BCUT2D eigenvalue weighted by Crippen LogP contribution is 2.32. The average Bonchev–Trinajstić information content (AvgIpc) is 3.09. The monoisotopic (exact) mass is 413 g/mol. The van der Waals surface area contributed by atoms with Crippen LogP contribution in [0.5, 0.6) is 0 Å². The summed E-state index contributed by atoms with van der Waals surface area (Å²) in [7, 11) is -3.57. The van der Waals surface area contributed by atoms with E-state index in [0.29, 0.717) is 24.7 Å².